The Morgan fingerprint density at radius 3 is 2.33 bits per heavy atom. The summed E-state index contributed by atoms with van der Waals surface area (Å²) in [5.41, 5.74) is 2.10. The highest BCUT2D eigenvalue weighted by Crippen LogP contribution is 2.16. The minimum absolute atomic E-state index is 0.207. The van der Waals surface area contributed by atoms with Crippen LogP contribution in [0.25, 0.3) is 0 Å². The van der Waals surface area contributed by atoms with E-state index in [1.807, 2.05) is 31.2 Å². The molecular weight excluding hydrogens is 336 g/mol. The number of hydrogen-bond donors (Lipinski definition) is 0. The first-order valence-electron chi connectivity index (χ1n) is 10.0. The van der Waals surface area contributed by atoms with E-state index in [4.69, 9.17) is 4.74 Å². The molecule has 4 nitrogen and oxygen atoms in total. The lowest BCUT2D eigenvalue weighted by Crippen LogP contribution is -2.46. The molecule has 0 aromatic heterocycles. The second-order valence-corrected chi connectivity index (χ2v) is 7.06. The predicted molar refractivity (Wildman–Crippen MR) is 111 cm³/mol. The Labute approximate surface area is 162 Å². The summed E-state index contributed by atoms with van der Waals surface area (Å²) in [6.07, 6.45) is 2.51. The first-order valence-corrected chi connectivity index (χ1v) is 10.0. The second kappa shape index (κ2) is 10.1. The van der Waals surface area contributed by atoms with Crippen LogP contribution in [0.5, 0.6) is 5.75 Å². The summed E-state index contributed by atoms with van der Waals surface area (Å²) >= 11 is 0. The maximum absolute atomic E-state index is 11.9. The lowest BCUT2D eigenvalue weighted by atomic mass is 10.1. The number of para-hydroxylation sites is 1. The molecule has 2 aromatic carbocycles. The van der Waals surface area contributed by atoms with Crippen molar-refractivity contribution in [3.8, 4) is 5.75 Å². The van der Waals surface area contributed by atoms with Crippen LogP contribution in [0.3, 0.4) is 0 Å². The van der Waals surface area contributed by atoms with Crippen molar-refractivity contribution < 1.29 is 9.53 Å². The van der Waals surface area contributed by atoms with Crippen LogP contribution in [0.15, 0.2) is 54.6 Å². The maximum atomic E-state index is 11.9. The van der Waals surface area contributed by atoms with Gasteiger partial charge in [0.05, 0.1) is 6.61 Å². The minimum atomic E-state index is 0.207. The first-order chi connectivity index (χ1) is 13.3. The van der Waals surface area contributed by atoms with Crippen LogP contribution >= 0.6 is 0 Å². The highest BCUT2D eigenvalue weighted by molar-refractivity contribution is 5.96. The molecule has 0 aliphatic carbocycles. The van der Waals surface area contributed by atoms with E-state index in [9.17, 15) is 4.79 Å². The van der Waals surface area contributed by atoms with Crippen molar-refractivity contribution in [3.63, 3.8) is 0 Å². The van der Waals surface area contributed by atoms with Gasteiger partial charge in [-0.25, -0.2) is 0 Å². The molecule has 0 unspecified atom stereocenters. The molecule has 0 amide bonds. The number of nitrogens with zero attached hydrogens (tertiary/aromatic N) is 2. The molecule has 1 heterocycles. The van der Waals surface area contributed by atoms with Gasteiger partial charge in [0.15, 0.2) is 5.78 Å². The van der Waals surface area contributed by atoms with Crippen LogP contribution < -0.4 is 9.64 Å². The summed E-state index contributed by atoms with van der Waals surface area (Å²) in [6.45, 7) is 8.16. The van der Waals surface area contributed by atoms with Crippen LogP contribution in [-0.2, 0) is 0 Å². The normalized spacial score (nSPS) is 14.9. The van der Waals surface area contributed by atoms with Crippen molar-refractivity contribution >= 4 is 11.5 Å². The molecule has 1 aliphatic rings. The molecule has 4 heteroatoms. The molecular formula is C23H30N2O2. The number of hydrogen-bond acceptors (Lipinski definition) is 4. The Kier molecular flexibility index (Phi) is 7.28. The monoisotopic (exact) mass is 366 g/mol. The van der Waals surface area contributed by atoms with Crippen molar-refractivity contribution in [2.45, 2.75) is 26.2 Å². The third-order valence-electron chi connectivity index (χ3n) is 5.03. The average molecular weight is 367 g/mol. The first kappa shape index (κ1) is 19.4. The lowest BCUT2D eigenvalue weighted by molar-refractivity contribution is 0.0981. The molecule has 0 bridgehead atoms. The van der Waals surface area contributed by atoms with Crippen LogP contribution in [0.2, 0.25) is 0 Å². The molecule has 0 atom stereocenters. The fraction of sp³-hybridized carbons (Fsp3) is 0.435. The number of ether oxygens (including phenoxy) is 1. The zero-order valence-electron chi connectivity index (χ0n) is 16.3. The molecule has 1 aliphatic heterocycles. The van der Waals surface area contributed by atoms with Gasteiger partial charge < -0.3 is 9.64 Å². The molecule has 3 rings (SSSR count). The molecule has 0 saturated carbocycles. The molecule has 1 fully saturated rings. The Morgan fingerprint density at radius 1 is 0.963 bits per heavy atom. The van der Waals surface area contributed by atoms with E-state index in [2.05, 4.69) is 40.1 Å². The number of ketones is 1. The van der Waals surface area contributed by atoms with E-state index in [-0.39, 0.29) is 5.78 Å². The van der Waals surface area contributed by atoms with Crippen LogP contribution in [-0.4, -0.2) is 50.0 Å². The lowest BCUT2D eigenvalue weighted by Gasteiger charge is -2.36. The third kappa shape index (κ3) is 5.83. The van der Waals surface area contributed by atoms with E-state index in [1.165, 1.54) is 5.69 Å². The summed E-state index contributed by atoms with van der Waals surface area (Å²) in [6, 6.07) is 18.2. The van der Waals surface area contributed by atoms with Gasteiger partial charge in [0.1, 0.15) is 5.75 Å². The van der Waals surface area contributed by atoms with E-state index in [1.54, 1.807) is 0 Å². The molecule has 1 saturated heterocycles. The summed E-state index contributed by atoms with van der Waals surface area (Å²) in [7, 11) is 0. The summed E-state index contributed by atoms with van der Waals surface area (Å²) in [5, 5.41) is 0. The number of carbonyl (C=O) groups excluding carboxylic acids is 1. The van der Waals surface area contributed by atoms with Gasteiger partial charge in [-0.15, -0.1) is 0 Å². The molecule has 0 N–H and O–H groups in total. The molecule has 27 heavy (non-hydrogen) atoms. The number of Topliss-reactive ketones (excluding diaryl/α,β-unsaturated/α-hetero) is 1. The van der Waals surface area contributed by atoms with Crippen molar-refractivity contribution in [2.75, 3.05) is 44.2 Å². The number of rotatable bonds is 9. The van der Waals surface area contributed by atoms with E-state index >= 15 is 0 Å². The van der Waals surface area contributed by atoms with E-state index in [0.717, 1.165) is 56.9 Å². The van der Waals surface area contributed by atoms with E-state index in [0.29, 0.717) is 13.0 Å². The van der Waals surface area contributed by atoms with Crippen molar-refractivity contribution in [2.24, 2.45) is 0 Å². The SMILES string of the molecule is CCCC(=O)c1ccc(OCCCN2CCN(c3ccccc3)CC2)cc1. The number of benzene rings is 2. The van der Waals surface area contributed by atoms with Gasteiger partial charge in [0.25, 0.3) is 0 Å². The fourth-order valence-corrected chi connectivity index (χ4v) is 3.46. The third-order valence-corrected chi connectivity index (χ3v) is 5.03. The molecule has 144 valence electrons. The number of piperazine rings is 1. The predicted octanol–water partition coefficient (Wildman–Crippen LogP) is 4.26. The Balaban J connectivity index is 1.33. The molecule has 0 radical (unpaired) electrons. The van der Waals surface area contributed by atoms with Crippen LogP contribution in [0, 0.1) is 0 Å². The summed E-state index contributed by atoms with van der Waals surface area (Å²) in [5.74, 6) is 1.05. The van der Waals surface area contributed by atoms with Gasteiger partial charge in [-0.3, -0.25) is 9.69 Å². The molecule has 0 spiro atoms. The van der Waals surface area contributed by atoms with Gasteiger partial charge in [-0.2, -0.15) is 0 Å². The maximum Gasteiger partial charge on any atom is 0.162 e. The quantitative estimate of drug-likeness (QED) is 0.490. The second-order valence-electron chi connectivity index (χ2n) is 7.06. The fourth-order valence-electron chi connectivity index (χ4n) is 3.46. The van der Waals surface area contributed by atoms with Gasteiger partial charge in [0, 0.05) is 50.4 Å². The van der Waals surface area contributed by atoms with Crippen molar-refractivity contribution in [3.05, 3.63) is 60.2 Å². The van der Waals surface area contributed by atoms with E-state index < -0.39 is 0 Å². The highest BCUT2D eigenvalue weighted by Gasteiger charge is 2.16. The van der Waals surface area contributed by atoms with Crippen molar-refractivity contribution in [1.29, 1.82) is 0 Å². The van der Waals surface area contributed by atoms with Crippen molar-refractivity contribution in [1.82, 2.24) is 4.90 Å². The van der Waals surface area contributed by atoms with Crippen LogP contribution in [0.1, 0.15) is 36.5 Å². The number of anilines is 1. The zero-order valence-corrected chi connectivity index (χ0v) is 16.3. The standard InChI is InChI=1S/C23H30N2O2/c1-2-7-23(26)20-10-12-22(13-11-20)27-19-6-14-24-15-17-25(18-16-24)21-8-4-3-5-9-21/h3-5,8-13H,2,6-7,14-19H2,1H3. The Hall–Kier alpha value is -2.33. The Morgan fingerprint density at radius 2 is 1.67 bits per heavy atom. The van der Waals surface area contributed by atoms with Crippen LogP contribution in [0.4, 0.5) is 5.69 Å². The average Bonchev–Trinajstić information content (AvgIpc) is 2.73. The van der Waals surface area contributed by atoms with Gasteiger partial charge >= 0.3 is 0 Å². The summed E-state index contributed by atoms with van der Waals surface area (Å²) in [4.78, 5) is 16.8. The molecule has 2 aromatic rings. The Bertz CT molecular complexity index is 692. The topological polar surface area (TPSA) is 32.8 Å². The zero-order chi connectivity index (χ0) is 18.9. The highest BCUT2D eigenvalue weighted by atomic mass is 16.5. The number of carbonyl (C=O) groups is 1. The van der Waals surface area contributed by atoms with Gasteiger partial charge in [-0.1, -0.05) is 25.1 Å². The summed E-state index contributed by atoms with van der Waals surface area (Å²) < 4.78 is 5.83. The smallest absolute Gasteiger partial charge is 0.162 e. The largest absolute Gasteiger partial charge is 0.494 e. The van der Waals surface area contributed by atoms with Gasteiger partial charge in [0.2, 0.25) is 0 Å². The minimum Gasteiger partial charge on any atom is -0.494 e. The van der Waals surface area contributed by atoms with Gasteiger partial charge in [-0.05, 0) is 49.2 Å².